The third-order valence-corrected chi connectivity index (χ3v) is 10.1. The fourth-order valence-electron chi connectivity index (χ4n) is 7.16. The SMILES string of the molecule is COc1ccc(C(NC(=O)OCC2c3ccccc3-c3ccccc32)C(Oc2ccccc2)C(=O)NC(N)c2ccc(C(N)c3ccccc3)cc2)c(OC)c1. The molecule has 6 N–H and O–H groups in total. The zero-order valence-electron chi connectivity index (χ0n) is 31.1. The Morgan fingerprint density at radius 3 is 1.82 bits per heavy atom. The molecular formula is C46H44N4O6. The molecule has 0 fully saturated rings. The average molecular weight is 749 g/mol. The molecule has 4 unspecified atom stereocenters. The van der Waals surface area contributed by atoms with E-state index in [2.05, 4.69) is 34.9 Å². The molecule has 1 aliphatic rings. The first-order valence-corrected chi connectivity index (χ1v) is 18.4. The van der Waals surface area contributed by atoms with Crippen molar-refractivity contribution in [2.75, 3.05) is 20.8 Å². The van der Waals surface area contributed by atoms with Gasteiger partial charge in [0.2, 0.25) is 6.10 Å². The number of alkyl carbamates (subject to hydrolysis) is 1. The van der Waals surface area contributed by atoms with Crippen LogP contribution in [0.15, 0.2) is 152 Å². The maximum atomic E-state index is 14.5. The van der Waals surface area contributed by atoms with Crippen molar-refractivity contribution < 1.29 is 28.5 Å². The molecule has 56 heavy (non-hydrogen) atoms. The number of fused-ring (bicyclic) bond motifs is 3. The summed E-state index contributed by atoms with van der Waals surface area (Å²) in [7, 11) is 3.04. The monoisotopic (exact) mass is 748 g/mol. The van der Waals surface area contributed by atoms with Gasteiger partial charge in [0.1, 0.15) is 36.1 Å². The molecule has 0 heterocycles. The minimum atomic E-state index is -1.35. The summed E-state index contributed by atoms with van der Waals surface area (Å²) < 4.78 is 23.6. The number of hydrogen-bond acceptors (Lipinski definition) is 8. The minimum Gasteiger partial charge on any atom is -0.497 e. The minimum absolute atomic E-state index is 0.0670. The number of methoxy groups -OCH3 is 2. The first kappa shape index (κ1) is 37.7. The Kier molecular flexibility index (Phi) is 11.6. The number of para-hydroxylation sites is 1. The highest BCUT2D eigenvalue weighted by molar-refractivity contribution is 5.84. The van der Waals surface area contributed by atoms with Gasteiger partial charge in [-0.2, -0.15) is 0 Å². The van der Waals surface area contributed by atoms with Gasteiger partial charge in [-0.3, -0.25) is 4.79 Å². The number of nitrogens with one attached hydrogen (secondary N) is 2. The lowest BCUT2D eigenvalue weighted by Crippen LogP contribution is -2.50. The van der Waals surface area contributed by atoms with Crippen LogP contribution in [0.3, 0.4) is 0 Å². The highest BCUT2D eigenvalue weighted by Gasteiger charge is 2.37. The van der Waals surface area contributed by atoms with E-state index in [1.54, 1.807) is 49.6 Å². The van der Waals surface area contributed by atoms with Crippen LogP contribution in [-0.2, 0) is 9.53 Å². The molecule has 7 rings (SSSR count). The van der Waals surface area contributed by atoms with Gasteiger partial charge >= 0.3 is 6.09 Å². The van der Waals surface area contributed by atoms with Crippen LogP contribution in [0.1, 0.15) is 57.5 Å². The van der Waals surface area contributed by atoms with Crippen LogP contribution in [0.4, 0.5) is 4.79 Å². The van der Waals surface area contributed by atoms with Gasteiger partial charge in [0.25, 0.3) is 5.91 Å². The van der Waals surface area contributed by atoms with Gasteiger partial charge < -0.3 is 41.0 Å². The summed E-state index contributed by atoms with van der Waals surface area (Å²) in [5.74, 6) is 0.513. The van der Waals surface area contributed by atoms with Crippen LogP contribution >= 0.6 is 0 Å². The fraction of sp³-hybridized carbons (Fsp3) is 0.174. The Balaban J connectivity index is 1.17. The van der Waals surface area contributed by atoms with Crippen LogP contribution in [0.5, 0.6) is 17.2 Å². The second kappa shape index (κ2) is 17.2. The van der Waals surface area contributed by atoms with Crippen LogP contribution in [-0.4, -0.2) is 38.9 Å². The molecule has 0 saturated heterocycles. The quantitative estimate of drug-likeness (QED) is 0.0836. The summed E-state index contributed by atoms with van der Waals surface area (Å²) in [5, 5.41) is 5.85. The number of benzene rings is 6. The van der Waals surface area contributed by atoms with E-state index in [0.717, 1.165) is 33.4 Å². The molecule has 0 aromatic heterocycles. The first-order valence-electron chi connectivity index (χ1n) is 18.4. The van der Waals surface area contributed by atoms with Gasteiger partial charge in [0.05, 0.1) is 20.3 Å². The van der Waals surface area contributed by atoms with Gasteiger partial charge in [-0.05, 0) is 63.2 Å². The van der Waals surface area contributed by atoms with Crippen LogP contribution < -0.4 is 36.3 Å². The second-order valence-corrected chi connectivity index (χ2v) is 13.4. The van der Waals surface area contributed by atoms with Gasteiger partial charge in [-0.1, -0.05) is 121 Å². The van der Waals surface area contributed by atoms with E-state index in [1.807, 2.05) is 84.9 Å². The van der Waals surface area contributed by atoms with Crippen LogP contribution in [0, 0.1) is 0 Å². The van der Waals surface area contributed by atoms with Gasteiger partial charge in [0.15, 0.2) is 0 Å². The van der Waals surface area contributed by atoms with Crippen molar-refractivity contribution in [1.29, 1.82) is 0 Å². The molecular weight excluding hydrogens is 705 g/mol. The van der Waals surface area contributed by atoms with Crippen LogP contribution in [0.2, 0.25) is 0 Å². The lowest BCUT2D eigenvalue weighted by atomic mass is 9.97. The Labute approximate surface area is 326 Å². The molecule has 10 heteroatoms. The molecule has 10 nitrogen and oxygen atoms in total. The zero-order valence-corrected chi connectivity index (χ0v) is 31.1. The first-order chi connectivity index (χ1) is 27.3. The Bertz CT molecular complexity index is 2220. The largest absolute Gasteiger partial charge is 0.497 e. The maximum absolute atomic E-state index is 14.5. The highest BCUT2D eigenvalue weighted by Crippen LogP contribution is 2.44. The standard InChI is InChI=1S/C46H44N4O6/c1-53-33-25-26-38(40(27-33)54-2)42(49-46(52)55-28-39-36-19-11-9-17-34(36)35-18-10-12-20-37(35)39)43(56-32-15-7-4-8-16-32)45(51)50-44(48)31-23-21-30(22-24-31)41(47)29-13-5-3-6-14-29/h3-27,39,41-44H,28,47-48H2,1-2H3,(H,49,52)(H,50,51). The molecule has 284 valence electrons. The Hall–Kier alpha value is -6.62. The molecule has 0 radical (unpaired) electrons. The Morgan fingerprint density at radius 2 is 1.20 bits per heavy atom. The summed E-state index contributed by atoms with van der Waals surface area (Å²) >= 11 is 0. The second-order valence-electron chi connectivity index (χ2n) is 13.4. The molecule has 4 atom stereocenters. The molecule has 1 aliphatic carbocycles. The number of rotatable bonds is 14. The van der Waals surface area contributed by atoms with Gasteiger partial charge in [-0.15, -0.1) is 0 Å². The van der Waals surface area contributed by atoms with E-state index in [0.29, 0.717) is 28.4 Å². The number of hydrogen-bond donors (Lipinski definition) is 4. The molecule has 0 bridgehead atoms. The summed E-state index contributed by atoms with van der Waals surface area (Å²) in [6, 6.07) is 45.9. The predicted molar refractivity (Wildman–Crippen MR) is 215 cm³/mol. The fourth-order valence-corrected chi connectivity index (χ4v) is 7.16. The summed E-state index contributed by atoms with van der Waals surface area (Å²) in [4.78, 5) is 28.4. The summed E-state index contributed by atoms with van der Waals surface area (Å²) in [6.45, 7) is 0.0670. The number of ether oxygens (including phenoxy) is 4. The lowest BCUT2D eigenvalue weighted by molar-refractivity contribution is -0.130. The van der Waals surface area contributed by atoms with Crippen molar-refractivity contribution in [3.63, 3.8) is 0 Å². The molecule has 6 aromatic rings. The predicted octanol–water partition coefficient (Wildman–Crippen LogP) is 7.55. The smallest absolute Gasteiger partial charge is 0.407 e. The van der Waals surface area contributed by atoms with Crippen molar-refractivity contribution >= 4 is 12.0 Å². The van der Waals surface area contributed by atoms with E-state index in [9.17, 15) is 9.59 Å². The number of carbonyl (C=O) groups is 2. The topological polar surface area (TPSA) is 147 Å². The normalized spacial score (nSPS) is 13.9. The third kappa shape index (κ3) is 8.22. The maximum Gasteiger partial charge on any atom is 0.407 e. The van der Waals surface area contributed by atoms with E-state index in [-0.39, 0.29) is 18.6 Å². The number of amides is 2. The van der Waals surface area contributed by atoms with Crippen molar-refractivity contribution in [1.82, 2.24) is 10.6 Å². The molecule has 2 amide bonds. The molecule has 0 saturated carbocycles. The van der Waals surface area contributed by atoms with E-state index < -0.39 is 30.3 Å². The van der Waals surface area contributed by atoms with Gasteiger partial charge in [-0.25, -0.2) is 4.79 Å². The van der Waals surface area contributed by atoms with Crippen molar-refractivity contribution in [3.8, 4) is 28.4 Å². The molecule has 0 aliphatic heterocycles. The third-order valence-electron chi connectivity index (χ3n) is 10.1. The Morgan fingerprint density at radius 1 is 0.625 bits per heavy atom. The van der Waals surface area contributed by atoms with E-state index in [1.165, 1.54) is 7.11 Å². The highest BCUT2D eigenvalue weighted by atomic mass is 16.6. The van der Waals surface area contributed by atoms with Crippen molar-refractivity contribution in [2.24, 2.45) is 11.5 Å². The molecule has 0 spiro atoms. The number of nitrogens with two attached hydrogens (primary N) is 2. The number of carbonyl (C=O) groups excluding carboxylic acids is 2. The van der Waals surface area contributed by atoms with Crippen molar-refractivity contribution in [2.45, 2.75) is 30.3 Å². The molecule has 6 aromatic carbocycles. The van der Waals surface area contributed by atoms with Gasteiger partial charge in [0, 0.05) is 17.5 Å². The average Bonchev–Trinajstić information content (AvgIpc) is 3.57. The summed E-state index contributed by atoms with van der Waals surface area (Å²) in [5.41, 5.74) is 20.5. The lowest BCUT2D eigenvalue weighted by Gasteiger charge is -2.30. The van der Waals surface area contributed by atoms with E-state index in [4.69, 9.17) is 30.4 Å². The van der Waals surface area contributed by atoms with Crippen LogP contribution in [0.25, 0.3) is 11.1 Å². The van der Waals surface area contributed by atoms with E-state index >= 15 is 0 Å². The summed E-state index contributed by atoms with van der Waals surface area (Å²) in [6.07, 6.45) is -3.03. The zero-order chi connectivity index (χ0) is 39.0. The van der Waals surface area contributed by atoms with Crippen molar-refractivity contribution in [3.05, 3.63) is 185 Å².